The highest BCUT2D eigenvalue weighted by molar-refractivity contribution is 5.44. The maximum Gasteiger partial charge on any atom is 0.0914 e. The molecule has 0 saturated heterocycles. The minimum Gasteiger partial charge on any atom is -0.387 e. The second-order valence-electron chi connectivity index (χ2n) is 4.06. The molecular formula is C12H17NO2. The van der Waals surface area contributed by atoms with Crippen molar-refractivity contribution in [1.29, 1.82) is 0 Å². The van der Waals surface area contributed by atoms with Crippen molar-refractivity contribution in [3.63, 3.8) is 0 Å². The minimum absolute atomic E-state index is 0.130. The first-order valence-corrected chi connectivity index (χ1v) is 5.27. The van der Waals surface area contributed by atoms with Crippen LogP contribution >= 0.6 is 0 Å². The minimum atomic E-state index is -0.567. The van der Waals surface area contributed by atoms with Gasteiger partial charge in [0.1, 0.15) is 0 Å². The summed E-state index contributed by atoms with van der Waals surface area (Å²) in [5, 5.41) is 9.76. The number of nitrogens with two attached hydrogens (primary N) is 1. The highest BCUT2D eigenvalue weighted by Gasteiger charge is 2.23. The molecule has 82 valence electrons. The van der Waals surface area contributed by atoms with Gasteiger partial charge in [0, 0.05) is 6.54 Å². The molecule has 0 aromatic heterocycles. The molecule has 3 N–H and O–H groups in total. The summed E-state index contributed by atoms with van der Waals surface area (Å²) in [5.41, 5.74) is 9.97. The molecule has 3 heteroatoms. The molecule has 1 heterocycles. The van der Waals surface area contributed by atoms with Gasteiger partial charge in [0.15, 0.2) is 0 Å². The lowest BCUT2D eigenvalue weighted by atomic mass is 9.93. The molecule has 0 bridgehead atoms. The van der Waals surface area contributed by atoms with Crippen LogP contribution in [0.5, 0.6) is 0 Å². The first-order valence-electron chi connectivity index (χ1n) is 5.27. The summed E-state index contributed by atoms with van der Waals surface area (Å²) in [5.74, 6) is 0. The molecule has 3 nitrogen and oxygen atoms in total. The highest BCUT2D eigenvalue weighted by Crippen LogP contribution is 2.35. The van der Waals surface area contributed by atoms with Crippen molar-refractivity contribution in [3.05, 3.63) is 34.4 Å². The fourth-order valence-electron chi connectivity index (χ4n) is 2.28. The first-order chi connectivity index (χ1) is 7.15. The fraction of sp³-hybridized carbons (Fsp3) is 0.500. The third-order valence-corrected chi connectivity index (χ3v) is 3.12. The third-order valence-electron chi connectivity index (χ3n) is 3.12. The monoisotopic (exact) mass is 207 g/mol. The number of ether oxygens (including phenoxy) is 1. The molecule has 2 rings (SSSR count). The van der Waals surface area contributed by atoms with Crippen LogP contribution in [0.25, 0.3) is 0 Å². The number of rotatable bonds is 2. The van der Waals surface area contributed by atoms with E-state index >= 15 is 0 Å². The van der Waals surface area contributed by atoms with Gasteiger partial charge in [-0.05, 0) is 36.1 Å². The van der Waals surface area contributed by atoms with Crippen molar-refractivity contribution >= 4 is 0 Å². The van der Waals surface area contributed by atoms with E-state index in [0.717, 1.165) is 11.1 Å². The summed E-state index contributed by atoms with van der Waals surface area (Å²) < 4.78 is 5.56. The molecular weight excluding hydrogens is 190 g/mol. The molecule has 1 aromatic rings. The topological polar surface area (TPSA) is 55.5 Å². The van der Waals surface area contributed by atoms with E-state index in [2.05, 4.69) is 0 Å². The van der Waals surface area contributed by atoms with Crippen LogP contribution in [0.1, 0.15) is 41.4 Å². The SMILES string of the molecule is Cc1c(C(O)CN)ccc2c1C(C)OC2. The van der Waals surface area contributed by atoms with Crippen molar-refractivity contribution in [2.75, 3.05) is 6.54 Å². The Balaban J connectivity index is 2.49. The van der Waals surface area contributed by atoms with Crippen molar-refractivity contribution in [1.82, 2.24) is 0 Å². The summed E-state index contributed by atoms with van der Waals surface area (Å²) in [4.78, 5) is 0. The lowest BCUT2D eigenvalue weighted by Gasteiger charge is -2.16. The van der Waals surface area contributed by atoms with Crippen molar-refractivity contribution < 1.29 is 9.84 Å². The van der Waals surface area contributed by atoms with Gasteiger partial charge >= 0.3 is 0 Å². The predicted octanol–water partition coefficient (Wildman–Crippen LogP) is 1.58. The largest absolute Gasteiger partial charge is 0.387 e. The smallest absolute Gasteiger partial charge is 0.0914 e. The van der Waals surface area contributed by atoms with Gasteiger partial charge in [0.05, 0.1) is 18.8 Å². The van der Waals surface area contributed by atoms with E-state index in [1.165, 1.54) is 11.1 Å². The zero-order valence-electron chi connectivity index (χ0n) is 9.16. The van der Waals surface area contributed by atoms with Gasteiger partial charge in [0.2, 0.25) is 0 Å². The molecule has 0 saturated carbocycles. The molecule has 2 unspecified atom stereocenters. The Labute approximate surface area is 89.9 Å². The van der Waals surface area contributed by atoms with E-state index < -0.39 is 6.10 Å². The number of aliphatic hydroxyl groups is 1. The maximum atomic E-state index is 9.76. The fourth-order valence-corrected chi connectivity index (χ4v) is 2.28. The Morgan fingerprint density at radius 1 is 1.60 bits per heavy atom. The van der Waals surface area contributed by atoms with E-state index in [1.807, 2.05) is 26.0 Å². The third kappa shape index (κ3) is 1.67. The molecule has 2 atom stereocenters. The van der Waals surface area contributed by atoms with Crippen LogP contribution in [-0.4, -0.2) is 11.7 Å². The molecule has 0 amide bonds. The van der Waals surface area contributed by atoms with Crippen molar-refractivity contribution in [3.8, 4) is 0 Å². The summed E-state index contributed by atoms with van der Waals surface area (Å²) in [6, 6.07) is 3.98. The molecule has 1 aliphatic rings. The number of hydrogen-bond donors (Lipinski definition) is 2. The molecule has 0 radical (unpaired) electrons. The van der Waals surface area contributed by atoms with E-state index in [1.54, 1.807) is 0 Å². The quantitative estimate of drug-likeness (QED) is 0.774. The van der Waals surface area contributed by atoms with Gasteiger partial charge in [-0.3, -0.25) is 0 Å². The van der Waals surface area contributed by atoms with Crippen LogP contribution in [0.2, 0.25) is 0 Å². The molecule has 15 heavy (non-hydrogen) atoms. The van der Waals surface area contributed by atoms with Crippen LogP contribution in [0, 0.1) is 6.92 Å². The van der Waals surface area contributed by atoms with Crippen molar-refractivity contribution in [2.24, 2.45) is 5.73 Å². The summed E-state index contributed by atoms with van der Waals surface area (Å²) >= 11 is 0. The molecule has 0 aliphatic carbocycles. The second-order valence-corrected chi connectivity index (χ2v) is 4.06. The lowest BCUT2D eigenvalue weighted by molar-refractivity contribution is 0.0793. The Morgan fingerprint density at radius 3 is 3.00 bits per heavy atom. The van der Waals surface area contributed by atoms with E-state index in [4.69, 9.17) is 10.5 Å². The van der Waals surface area contributed by atoms with E-state index in [-0.39, 0.29) is 12.6 Å². The predicted molar refractivity (Wildman–Crippen MR) is 58.4 cm³/mol. The Hall–Kier alpha value is -0.900. The standard InChI is InChI=1S/C12H17NO2/c1-7-10(11(14)5-13)4-3-9-6-15-8(2)12(7)9/h3-4,8,11,14H,5-6,13H2,1-2H3. The number of aliphatic hydroxyl groups excluding tert-OH is 1. The van der Waals surface area contributed by atoms with Crippen LogP contribution in [0.15, 0.2) is 12.1 Å². The van der Waals surface area contributed by atoms with Gasteiger partial charge in [-0.25, -0.2) is 0 Å². The Kier molecular flexibility index (Phi) is 2.78. The van der Waals surface area contributed by atoms with Gasteiger partial charge in [-0.2, -0.15) is 0 Å². The zero-order chi connectivity index (χ0) is 11.0. The first kappa shape index (κ1) is 10.6. The number of hydrogen-bond acceptors (Lipinski definition) is 3. The van der Waals surface area contributed by atoms with Gasteiger partial charge < -0.3 is 15.6 Å². The molecule has 0 fully saturated rings. The average molecular weight is 207 g/mol. The van der Waals surface area contributed by atoms with E-state index in [9.17, 15) is 5.11 Å². The van der Waals surface area contributed by atoms with Crippen LogP contribution in [0.3, 0.4) is 0 Å². The lowest BCUT2D eigenvalue weighted by Crippen LogP contribution is -2.13. The Morgan fingerprint density at radius 2 is 2.33 bits per heavy atom. The summed E-state index contributed by atoms with van der Waals surface area (Å²) in [6.07, 6.45) is -0.437. The summed E-state index contributed by atoms with van der Waals surface area (Å²) in [7, 11) is 0. The van der Waals surface area contributed by atoms with Gasteiger partial charge in [0.25, 0.3) is 0 Å². The molecule has 1 aliphatic heterocycles. The maximum absolute atomic E-state index is 9.76. The van der Waals surface area contributed by atoms with Gasteiger partial charge in [-0.15, -0.1) is 0 Å². The average Bonchev–Trinajstić information content (AvgIpc) is 2.61. The normalized spacial score (nSPS) is 21.5. The molecule has 0 spiro atoms. The van der Waals surface area contributed by atoms with Crippen molar-refractivity contribution in [2.45, 2.75) is 32.7 Å². The molecule has 1 aromatic carbocycles. The zero-order valence-corrected chi connectivity index (χ0v) is 9.16. The second kappa shape index (κ2) is 3.93. The number of fused-ring (bicyclic) bond motifs is 1. The van der Waals surface area contributed by atoms with Crippen LogP contribution in [0.4, 0.5) is 0 Å². The van der Waals surface area contributed by atoms with Crippen LogP contribution in [-0.2, 0) is 11.3 Å². The highest BCUT2D eigenvalue weighted by atomic mass is 16.5. The Bertz CT molecular complexity index is 376. The van der Waals surface area contributed by atoms with Gasteiger partial charge in [-0.1, -0.05) is 12.1 Å². The summed E-state index contributed by atoms with van der Waals surface area (Å²) in [6.45, 7) is 5.00. The number of benzene rings is 1. The van der Waals surface area contributed by atoms with E-state index in [0.29, 0.717) is 6.61 Å². The van der Waals surface area contributed by atoms with Crippen LogP contribution < -0.4 is 5.73 Å².